The van der Waals surface area contributed by atoms with Gasteiger partial charge in [0.25, 0.3) is 5.91 Å². The zero-order valence-electron chi connectivity index (χ0n) is 17.8. The average molecular weight is 464 g/mol. The number of thiazole rings is 1. The van der Waals surface area contributed by atoms with Crippen LogP contribution in [0.2, 0.25) is 0 Å². The fourth-order valence-electron chi connectivity index (χ4n) is 4.04. The van der Waals surface area contributed by atoms with Crippen molar-refractivity contribution >= 4 is 39.3 Å². The first kappa shape index (κ1) is 21.0. The van der Waals surface area contributed by atoms with Gasteiger partial charge in [-0.15, -0.1) is 0 Å². The molecule has 5 rings (SSSR count). The Morgan fingerprint density at radius 2 is 1.94 bits per heavy atom. The van der Waals surface area contributed by atoms with Crippen LogP contribution in [0.25, 0.3) is 11.0 Å². The predicted octanol–water partition coefficient (Wildman–Crippen LogP) is 4.54. The number of nitrogens with zero attached hydrogens (tertiary/aromatic N) is 2. The van der Waals surface area contributed by atoms with Crippen molar-refractivity contribution in [3.05, 3.63) is 91.5 Å². The second-order valence-electron chi connectivity index (χ2n) is 7.68. The van der Waals surface area contributed by atoms with E-state index < -0.39 is 29.2 Å². The minimum Gasteiger partial charge on any atom is -0.465 e. The van der Waals surface area contributed by atoms with Crippen LogP contribution in [-0.2, 0) is 4.74 Å². The highest BCUT2D eigenvalue weighted by Gasteiger charge is 2.46. The van der Waals surface area contributed by atoms with Crippen molar-refractivity contribution in [2.24, 2.45) is 0 Å². The van der Waals surface area contributed by atoms with Crippen molar-refractivity contribution in [3.8, 4) is 0 Å². The Bertz CT molecular complexity index is 1520. The zero-order valence-corrected chi connectivity index (χ0v) is 18.7. The Hall–Kier alpha value is -3.85. The van der Waals surface area contributed by atoms with Crippen LogP contribution in [0.4, 0.5) is 9.52 Å². The number of aromatic nitrogens is 1. The van der Waals surface area contributed by atoms with Gasteiger partial charge in [-0.25, -0.2) is 14.2 Å². The number of carbonyl (C=O) groups is 2. The van der Waals surface area contributed by atoms with Gasteiger partial charge in [0, 0.05) is 5.56 Å². The van der Waals surface area contributed by atoms with Crippen molar-refractivity contribution in [1.29, 1.82) is 0 Å². The molecule has 2 aromatic heterocycles. The van der Waals surface area contributed by atoms with Crippen LogP contribution in [0.1, 0.15) is 48.7 Å². The molecule has 1 atom stereocenters. The van der Waals surface area contributed by atoms with Crippen LogP contribution < -0.4 is 10.3 Å². The second kappa shape index (κ2) is 7.63. The molecule has 0 unspecified atom stereocenters. The molecule has 4 aromatic rings. The lowest BCUT2D eigenvalue weighted by Gasteiger charge is -2.22. The zero-order chi connectivity index (χ0) is 23.4. The molecule has 0 saturated heterocycles. The number of aryl methyl sites for hydroxylation is 2. The maximum absolute atomic E-state index is 15.0. The van der Waals surface area contributed by atoms with Gasteiger partial charge in [-0.2, -0.15) is 0 Å². The maximum atomic E-state index is 15.0. The predicted molar refractivity (Wildman–Crippen MR) is 120 cm³/mol. The summed E-state index contributed by atoms with van der Waals surface area (Å²) in [5.41, 5.74) is 1.21. The standard InChI is InChI=1S/C24H17FN2O5S/c1-11-8-9-16-14(10-11)19(28)17-18(13-6-4-5-7-15(13)25)27(22(29)20(17)32-16)24-26-12(2)21(33-24)23(30)31-3/h4-10,18H,1-3H3/t18-/m1/s1. The number of rotatable bonds is 3. The molecule has 0 spiro atoms. The normalized spacial score (nSPS) is 15.2. The summed E-state index contributed by atoms with van der Waals surface area (Å²) >= 11 is 0.934. The topological polar surface area (TPSA) is 89.7 Å². The molecule has 0 N–H and O–H groups in total. The molecule has 9 heteroatoms. The molecule has 7 nitrogen and oxygen atoms in total. The first-order valence-corrected chi connectivity index (χ1v) is 10.8. The number of halogens is 1. The molecule has 0 bridgehead atoms. The summed E-state index contributed by atoms with van der Waals surface area (Å²) < 4.78 is 25.6. The molecule has 0 fully saturated rings. The Labute approximate surface area is 191 Å². The minimum absolute atomic E-state index is 0.0377. The molecular weight excluding hydrogens is 447 g/mol. The third-order valence-electron chi connectivity index (χ3n) is 5.59. The highest BCUT2D eigenvalue weighted by Crippen LogP contribution is 2.43. The van der Waals surface area contributed by atoms with E-state index in [0.29, 0.717) is 11.1 Å². The highest BCUT2D eigenvalue weighted by molar-refractivity contribution is 7.17. The van der Waals surface area contributed by atoms with Crippen LogP contribution in [0.5, 0.6) is 0 Å². The van der Waals surface area contributed by atoms with E-state index in [1.807, 2.05) is 6.92 Å². The van der Waals surface area contributed by atoms with Crippen molar-refractivity contribution in [1.82, 2.24) is 4.98 Å². The van der Waals surface area contributed by atoms with Gasteiger partial charge in [-0.3, -0.25) is 14.5 Å². The van der Waals surface area contributed by atoms with E-state index in [4.69, 9.17) is 9.15 Å². The van der Waals surface area contributed by atoms with Crippen LogP contribution >= 0.6 is 11.3 Å². The van der Waals surface area contributed by atoms with E-state index in [2.05, 4.69) is 4.98 Å². The Morgan fingerprint density at radius 1 is 1.18 bits per heavy atom. The highest BCUT2D eigenvalue weighted by atomic mass is 32.1. The second-order valence-corrected chi connectivity index (χ2v) is 8.65. The number of amides is 1. The lowest BCUT2D eigenvalue weighted by atomic mass is 9.98. The smallest absolute Gasteiger partial charge is 0.350 e. The van der Waals surface area contributed by atoms with Gasteiger partial charge in [0.05, 0.1) is 23.8 Å². The van der Waals surface area contributed by atoms with Gasteiger partial charge in [-0.05, 0) is 32.0 Å². The Kier molecular flexibility index (Phi) is 4.86. The fourth-order valence-corrected chi connectivity index (χ4v) is 5.05. The van der Waals surface area contributed by atoms with Gasteiger partial charge in [-0.1, -0.05) is 41.2 Å². The number of benzene rings is 2. The number of hydrogen-bond donors (Lipinski definition) is 0. The molecule has 33 heavy (non-hydrogen) atoms. The summed E-state index contributed by atoms with van der Waals surface area (Å²) in [5.74, 6) is -1.99. The number of carbonyl (C=O) groups excluding carboxylic acids is 2. The van der Waals surface area contributed by atoms with Crippen molar-refractivity contribution in [2.75, 3.05) is 12.0 Å². The number of hydrogen-bond acceptors (Lipinski definition) is 7. The van der Waals surface area contributed by atoms with Crippen LogP contribution in [0, 0.1) is 19.7 Å². The molecule has 0 aliphatic carbocycles. The van der Waals surface area contributed by atoms with E-state index >= 15 is 0 Å². The molecule has 166 valence electrons. The summed E-state index contributed by atoms with van der Waals surface area (Å²) in [6, 6.07) is 9.89. The maximum Gasteiger partial charge on any atom is 0.350 e. The summed E-state index contributed by atoms with van der Waals surface area (Å²) in [7, 11) is 1.25. The SMILES string of the molecule is COC(=O)c1sc(N2C(=O)c3oc4ccc(C)cc4c(=O)c3[C@H]2c2ccccc2F)nc1C. The van der Waals surface area contributed by atoms with Crippen LogP contribution in [0.15, 0.2) is 51.7 Å². The van der Waals surface area contributed by atoms with Crippen LogP contribution in [-0.4, -0.2) is 24.0 Å². The molecular formula is C24H17FN2O5S. The summed E-state index contributed by atoms with van der Waals surface area (Å²) in [6.45, 7) is 3.45. The monoisotopic (exact) mass is 464 g/mol. The van der Waals surface area contributed by atoms with Gasteiger partial charge in [0.1, 0.15) is 22.3 Å². The number of methoxy groups -OCH3 is 1. The number of ether oxygens (including phenoxy) is 1. The summed E-state index contributed by atoms with van der Waals surface area (Å²) in [4.78, 5) is 45.0. The molecule has 2 aromatic carbocycles. The molecule has 1 amide bonds. The number of anilines is 1. The van der Waals surface area contributed by atoms with E-state index in [-0.39, 0.29) is 32.5 Å². The van der Waals surface area contributed by atoms with E-state index in [0.717, 1.165) is 16.9 Å². The largest absolute Gasteiger partial charge is 0.465 e. The number of fused-ring (bicyclic) bond motifs is 2. The molecule has 0 saturated carbocycles. The van der Waals surface area contributed by atoms with Gasteiger partial charge < -0.3 is 9.15 Å². The molecule has 0 radical (unpaired) electrons. The average Bonchev–Trinajstić information content (AvgIpc) is 3.31. The van der Waals surface area contributed by atoms with Gasteiger partial charge >= 0.3 is 5.97 Å². The van der Waals surface area contributed by atoms with Gasteiger partial charge in [0.2, 0.25) is 5.76 Å². The summed E-state index contributed by atoms with van der Waals surface area (Å²) in [5, 5.41) is 0.437. The Balaban J connectivity index is 1.81. The molecule has 3 heterocycles. The quantitative estimate of drug-likeness (QED) is 0.414. The van der Waals surface area contributed by atoms with Gasteiger partial charge in [0.15, 0.2) is 10.6 Å². The van der Waals surface area contributed by atoms with E-state index in [9.17, 15) is 18.8 Å². The third-order valence-corrected chi connectivity index (χ3v) is 6.72. The first-order valence-electron chi connectivity index (χ1n) is 10.0. The number of esters is 1. The van der Waals surface area contributed by atoms with E-state index in [1.54, 1.807) is 31.2 Å². The third kappa shape index (κ3) is 3.15. The Morgan fingerprint density at radius 3 is 2.67 bits per heavy atom. The minimum atomic E-state index is -1.11. The van der Waals surface area contributed by atoms with Crippen LogP contribution in [0.3, 0.4) is 0 Å². The molecule has 1 aliphatic heterocycles. The van der Waals surface area contributed by atoms with Crippen molar-refractivity contribution in [3.63, 3.8) is 0 Å². The fraction of sp³-hybridized carbons (Fsp3) is 0.167. The summed E-state index contributed by atoms with van der Waals surface area (Å²) in [6.07, 6.45) is 0. The lowest BCUT2D eigenvalue weighted by Crippen LogP contribution is -2.30. The lowest BCUT2D eigenvalue weighted by molar-refractivity contribution is 0.0605. The first-order chi connectivity index (χ1) is 15.8. The molecule has 1 aliphatic rings. The van der Waals surface area contributed by atoms with Crippen molar-refractivity contribution in [2.45, 2.75) is 19.9 Å². The van der Waals surface area contributed by atoms with E-state index in [1.165, 1.54) is 30.2 Å². The van der Waals surface area contributed by atoms with Crippen molar-refractivity contribution < 1.29 is 23.1 Å².